The molecule has 0 aromatic heterocycles. The molecular formula is C9H16IN. The van der Waals surface area contributed by atoms with Gasteiger partial charge in [-0.25, -0.2) is 0 Å². The van der Waals surface area contributed by atoms with Crippen molar-refractivity contribution in [2.45, 2.75) is 42.1 Å². The summed E-state index contributed by atoms with van der Waals surface area (Å²) in [6, 6.07) is 0.855. The average molecular weight is 265 g/mol. The summed E-state index contributed by atoms with van der Waals surface area (Å²) >= 11 is 2.62. The standard InChI is InChI=1S/C9H16IN/c10-8-3-1-7-2-4-9(5-8)11-6-7/h7-9,11H,1-6H2. The maximum atomic E-state index is 3.65. The van der Waals surface area contributed by atoms with Gasteiger partial charge in [-0.15, -0.1) is 0 Å². The van der Waals surface area contributed by atoms with Crippen molar-refractivity contribution < 1.29 is 0 Å². The van der Waals surface area contributed by atoms with Crippen LogP contribution in [0.25, 0.3) is 0 Å². The van der Waals surface area contributed by atoms with Crippen LogP contribution in [-0.4, -0.2) is 16.5 Å². The number of fused-ring (bicyclic) bond motifs is 5. The summed E-state index contributed by atoms with van der Waals surface area (Å²) in [6.07, 6.45) is 7.26. The summed E-state index contributed by atoms with van der Waals surface area (Å²) in [4.78, 5) is 0. The first-order chi connectivity index (χ1) is 5.34. The third-order valence-corrected chi connectivity index (χ3v) is 4.18. The van der Waals surface area contributed by atoms with Crippen LogP contribution >= 0.6 is 22.6 Å². The van der Waals surface area contributed by atoms with Gasteiger partial charge < -0.3 is 5.32 Å². The SMILES string of the molecule is IC1CCC2CCC(C1)NC2. The van der Waals surface area contributed by atoms with Crippen molar-refractivity contribution in [1.29, 1.82) is 0 Å². The third-order valence-electron chi connectivity index (χ3n) is 3.05. The molecule has 1 saturated carbocycles. The van der Waals surface area contributed by atoms with Crippen LogP contribution in [0.3, 0.4) is 0 Å². The molecule has 1 nitrogen and oxygen atoms in total. The molecule has 3 rings (SSSR count). The number of piperidine rings is 1. The van der Waals surface area contributed by atoms with E-state index in [1.807, 2.05) is 0 Å². The van der Waals surface area contributed by atoms with Crippen LogP contribution in [-0.2, 0) is 0 Å². The third kappa shape index (κ3) is 2.08. The minimum Gasteiger partial charge on any atom is -0.314 e. The van der Waals surface area contributed by atoms with Crippen molar-refractivity contribution in [2.24, 2.45) is 5.92 Å². The van der Waals surface area contributed by atoms with Crippen molar-refractivity contribution in [2.75, 3.05) is 6.54 Å². The second-order valence-electron chi connectivity index (χ2n) is 3.96. The number of halogens is 1. The molecule has 3 fully saturated rings. The topological polar surface area (TPSA) is 12.0 Å². The van der Waals surface area contributed by atoms with Crippen LogP contribution < -0.4 is 5.32 Å². The second-order valence-corrected chi connectivity index (χ2v) is 5.72. The lowest BCUT2D eigenvalue weighted by atomic mass is 9.85. The zero-order valence-corrected chi connectivity index (χ0v) is 9.01. The number of hydrogen-bond donors (Lipinski definition) is 1. The largest absolute Gasteiger partial charge is 0.314 e. The minimum absolute atomic E-state index is 0.855. The molecule has 0 spiro atoms. The number of hydrogen-bond acceptors (Lipinski definition) is 1. The molecule has 64 valence electrons. The van der Waals surface area contributed by atoms with E-state index in [0.717, 1.165) is 15.9 Å². The number of nitrogens with one attached hydrogen (secondary N) is 1. The van der Waals surface area contributed by atoms with Crippen LogP contribution in [0.5, 0.6) is 0 Å². The van der Waals surface area contributed by atoms with Gasteiger partial charge in [0.05, 0.1) is 0 Å². The van der Waals surface area contributed by atoms with E-state index in [-0.39, 0.29) is 0 Å². The first kappa shape index (κ1) is 8.30. The Balaban J connectivity index is 1.97. The smallest absolute Gasteiger partial charge is 0.0124 e. The van der Waals surface area contributed by atoms with Crippen molar-refractivity contribution >= 4 is 22.6 Å². The summed E-state index contributed by atoms with van der Waals surface area (Å²) < 4.78 is 0.938. The van der Waals surface area contributed by atoms with Gasteiger partial charge >= 0.3 is 0 Å². The summed E-state index contributed by atoms with van der Waals surface area (Å²) in [5, 5.41) is 3.65. The van der Waals surface area contributed by atoms with Crippen LogP contribution in [0.1, 0.15) is 32.1 Å². The highest BCUT2D eigenvalue weighted by Gasteiger charge is 2.25. The van der Waals surface area contributed by atoms with E-state index < -0.39 is 0 Å². The lowest BCUT2D eigenvalue weighted by Gasteiger charge is -2.34. The lowest BCUT2D eigenvalue weighted by molar-refractivity contribution is 0.258. The highest BCUT2D eigenvalue weighted by atomic mass is 127. The van der Waals surface area contributed by atoms with E-state index >= 15 is 0 Å². The Morgan fingerprint density at radius 1 is 1.09 bits per heavy atom. The zero-order valence-electron chi connectivity index (χ0n) is 6.85. The molecule has 0 radical (unpaired) electrons. The number of rotatable bonds is 0. The summed E-state index contributed by atoms with van der Waals surface area (Å²) in [6.45, 7) is 1.30. The molecule has 3 atom stereocenters. The highest BCUT2D eigenvalue weighted by Crippen LogP contribution is 2.29. The fourth-order valence-electron chi connectivity index (χ4n) is 2.27. The molecule has 0 amide bonds. The lowest BCUT2D eigenvalue weighted by Crippen LogP contribution is -2.42. The molecule has 0 aromatic rings. The summed E-state index contributed by atoms with van der Waals surface area (Å²) in [5.74, 6) is 1.00. The quantitative estimate of drug-likeness (QED) is 0.523. The predicted molar refractivity (Wildman–Crippen MR) is 56.2 cm³/mol. The van der Waals surface area contributed by atoms with E-state index in [4.69, 9.17) is 0 Å². The van der Waals surface area contributed by atoms with Gasteiger partial charge in [-0.3, -0.25) is 0 Å². The Hall–Kier alpha value is 0.690. The first-order valence-corrected chi connectivity index (χ1v) is 5.96. The fourth-order valence-corrected chi connectivity index (χ4v) is 3.24. The van der Waals surface area contributed by atoms with Crippen molar-refractivity contribution in [3.8, 4) is 0 Å². The van der Waals surface area contributed by atoms with Crippen molar-refractivity contribution in [3.05, 3.63) is 0 Å². The molecule has 1 aliphatic carbocycles. The van der Waals surface area contributed by atoms with E-state index in [0.29, 0.717) is 0 Å². The summed E-state index contributed by atoms with van der Waals surface area (Å²) in [5.41, 5.74) is 0. The van der Waals surface area contributed by atoms with Crippen LogP contribution in [0, 0.1) is 5.92 Å². The molecule has 3 aliphatic rings. The average Bonchev–Trinajstić information content (AvgIpc) is 1.98. The van der Waals surface area contributed by atoms with E-state index in [1.54, 1.807) is 0 Å². The zero-order chi connectivity index (χ0) is 7.68. The Morgan fingerprint density at radius 3 is 2.64 bits per heavy atom. The van der Waals surface area contributed by atoms with E-state index in [9.17, 15) is 0 Å². The van der Waals surface area contributed by atoms with Crippen LogP contribution in [0.2, 0.25) is 0 Å². The second kappa shape index (κ2) is 3.60. The van der Waals surface area contributed by atoms with Gasteiger partial charge in [0.15, 0.2) is 0 Å². The Labute approximate surface area is 82.5 Å². The van der Waals surface area contributed by atoms with Crippen LogP contribution in [0.15, 0.2) is 0 Å². The molecule has 2 bridgehead atoms. The number of alkyl halides is 1. The predicted octanol–water partition coefficient (Wildman–Crippen LogP) is 2.34. The summed E-state index contributed by atoms with van der Waals surface area (Å²) in [7, 11) is 0. The van der Waals surface area contributed by atoms with Gasteiger partial charge in [0.25, 0.3) is 0 Å². The molecule has 2 aliphatic heterocycles. The van der Waals surface area contributed by atoms with Gasteiger partial charge in [0.2, 0.25) is 0 Å². The van der Waals surface area contributed by atoms with Gasteiger partial charge in [-0.05, 0) is 44.6 Å². The van der Waals surface area contributed by atoms with Crippen LogP contribution in [0.4, 0.5) is 0 Å². The van der Waals surface area contributed by atoms with E-state index in [2.05, 4.69) is 27.9 Å². The van der Waals surface area contributed by atoms with Gasteiger partial charge in [0, 0.05) is 9.97 Å². The molecule has 1 N–H and O–H groups in total. The van der Waals surface area contributed by atoms with E-state index in [1.165, 1.54) is 38.6 Å². The van der Waals surface area contributed by atoms with Crippen molar-refractivity contribution in [3.63, 3.8) is 0 Å². The molecule has 3 unspecified atom stereocenters. The molecular weight excluding hydrogens is 249 g/mol. The first-order valence-electron chi connectivity index (χ1n) is 4.72. The molecule has 11 heavy (non-hydrogen) atoms. The Morgan fingerprint density at radius 2 is 1.91 bits per heavy atom. The van der Waals surface area contributed by atoms with Gasteiger partial charge in [-0.1, -0.05) is 22.6 Å². The normalized spacial score (nSPS) is 45.0. The monoisotopic (exact) mass is 265 g/mol. The Bertz CT molecular complexity index is 130. The molecule has 0 aromatic carbocycles. The maximum absolute atomic E-state index is 3.65. The highest BCUT2D eigenvalue weighted by molar-refractivity contribution is 14.1. The van der Waals surface area contributed by atoms with Crippen molar-refractivity contribution in [1.82, 2.24) is 5.32 Å². The molecule has 2 heteroatoms. The van der Waals surface area contributed by atoms with Gasteiger partial charge in [-0.2, -0.15) is 0 Å². The maximum Gasteiger partial charge on any atom is 0.0124 e. The van der Waals surface area contributed by atoms with Gasteiger partial charge in [0.1, 0.15) is 0 Å². The fraction of sp³-hybridized carbons (Fsp3) is 1.00. The Kier molecular flexibility index (Phi) is 2.72. The molecule has 2 saturated heterocycles. The molecule has 2 heterocycles. The minimum atomic E-state index is 0.855.